The molecule has 7 nitrogen and oxygen atoms in total. The minimum atomic E-state index is -0.567. The van der Waals surface area contributed by atoms with Crippen LogP contribution < -0.4 is 0 Å². The standard InChI is InChI=1S/C21H35N3O4S/c1-3-23-17-12-16(29-11-7-10-20(26)28-2)13-18(17)24(21(23)27)22-14-19(25)15-8-5-4-6-9-15/h14-19,25H,3-13H2,1-2H3. The molecule has 4 unspecified atom stereocenters. The molecular formula is C21H35N3O4S. The topological polar surface area (TPSA) is 82.4 Å². The molecule has 1 aliphatic heterocycles. The summed E-state index contributed by atoms with van der Waals surface area (Å²) in [6.45, 7) is 2.69. The van der Waals surface area contributed by atoms with Crippen molar-refractivity contribution in [3.8, 4) is 0 Å². The Morgan fingerprint density at radius 2 is 2.03 bits per heavy atom. The average molecular weight is 426 g/mol. The number of amides is 2. The average Bonchev–Trinajstić information content (AvgIpc) is 3.25. The number of rotatable bonds is 9. The Morgan fingerprint density at radius 3 is 2.72 bits per heavy atom. The second-order valence-corrected chi connectivity index (χ2v) is 9.75. The SMILES string of the molecule is CCN1C(=O)N(N=CC(O)C2CCCCC2)C2CC(SCCCC(=O)OC)CC21. The lowest BCUT2D eigenvalue weighted by Gasteiger charge is -2.25. The normalized spacial score (nSPS) is 28.9. The number of carbonyl (C=O) groups is 2. The van der Waals surface area contributed by atoms with Gasteiger partial charge in [-0.15, -0.1) is 0 Å². The van der Waals surface area contributed by atoms with Crippen LogP contribution in [-0.2, 0) is 9.53 Å². The van der Waals surface area contributed by atoms with Crippen LogP contribution in [0.25, 0.3) is 0 Å². The first-order valence-electron chi connectivity index (χ1n) is 11.1. The number of nitrogens with zero attached hydrogens (tertiary/aromatic N) is 3. The van der Waals surface area contributed by atoms with E-state index in [2.05, 4.69) is 5.10 Å². The van der Waals surface area contributed by atoms with E-state index >= 15 is 0 Å². The molecule has 0 spiro atoms. The lowest BCUT2D eigenvalue weighted by atomic mass is 9.86. The predicted octanol–water partition coefficient (Wildman–Crippen LogP) is 3.26. The van der Waals surface area contributed by atoms with Crippen molar-refractivity contribution in [2.24, 2.45) is 11.0 Å². The molecule has 0 radical (unpaired) electrons. The number of aliphatic hydroxyl groups excluding tert-OH is 1. The van der Waals surface area contributed by atoms with Gasteiger partial charge in [-0.1, -0.05) is 19.3 Å². The molecule has 0 aromatic rings. The fraction of sp³-hybridized carbons (Fsp3) is 0.857. The molecule has 2 aliphatic carbocycles. The third kappa shape index (κ3) is 5.45. The highest BCUT2D eigenvalue weighted by atomic mass is 32.2. The van der Waals surface area contributed by atoms with Crippen LogP contribution in [0.2, 0.25) is 0 Å². The Labute approximate surface area is 178 Å². The van der Waals surface area contributed by atoms with Gasteiger partial charge in [0.2, 0.25) is 0 Å². The molecule has 0 aromatic heterocycles. The Morgan fingerprint density at radius 1 is 1.31 bits per heavy atom. The third-order valence-corrected chi connectivity index (χ3v) is 7.91. The van der Waals surface area contributed by atoms with Crippen LogP contribution in [0, 0.1) is 5.92 Å². The number of hydrogen-bond donors (Lipinski definition) is 1. The second-order valence-electron chi connectivity index (χ2n) is 8.34. The molecule has 29 heavy (non-hydrogen) atoms. The van der Waals surface area contributed by atoms with Crippen molar-refractivity contribution in [2.75, 3.05) is 19.4 Å². The van der Waals surface area contributed by atoms with Crippen molar-refractivity contribution in [1.29, 1.82) is 0 Å². The van der Waals surface area contributed by atoms with Gasteiger partial charge in [-0.05, 0) is 50.7 Å². The zero-order chi connectivity index (χ0) is 20.8. The van der Waals surface area contributed by atoms with Crippen molar-refractivity contribution in [1.82, 2.24) is 9.91 Å². The molecule has 3 rings (SSSR count). The smallest absolute Gasteiger partial charge is 0.341 e. The first-order chi connectivity index (χ1) is 14.0. The number of methoxy groups -OCH3 is 1. The monoisotopic (exact) mass is 425 g/mol. The van der Waals surface area contributed by atoms with Crippen molar-refractivity contribution in [3.05, 3.63) is 0 Å². The zero-order valence-electron chi connectivity index (χ0n) is 17.7. The van der Waals surface area contributed by atoms with Gasteiger partial charge in [0.15, 0.2) is 0 Å². The lowest BCUT2D eigenvalue weighted by Crippen LogP contribution is -2.34. The van der Waals surface area contributed by atoms with E-state index in [1.54, 1.807) is 11.2 Å². The maximum absolute atomic E-state index is 12.8. The van der Waals surface area contributed by atoms with E-state index in [-0.39, 0.29) is 30.0 Å². The number of aliphatic hydroxyl groups is 1. The number of ether oxygens (including phenoxy) is 1. The molecule has 0 aromatic carbocycles. The van der Waals surface area contributed by atoms with Gasteiger partial charge in [0.1, 0.15) is 0 Å². The molecule has 1 N–H and O–H groups in total. The van der Waals surface area contributed by atoms with Gasteiger partial charge in [0.25, 0.3) is 0 Å². The van der Waals surface area contributed by atoms with Crippen LogP contribution in [0.5, 0.6) is 0 Å². The van der Waals surface area contributed by atoms with Gasteiger partial charge < -0.3 is 14.7 Å². The highest BCUT2D eigenvalue weighted by Gasteiger charge is 2.51. The van der Waals surface area contributed by atoms with Gasteiger partial charge in [0, 0.05) is 18.2 Å². The summed E-state index contributed by atoms with van der Waals surface area (Å²) in [5, 5.41) is 17.1. The van der Waals surface area contributed by atoms with E-state index in [0.29, 0.717) is 18.2 Å². The Bertz CT molecular complexity index is 596. The number of hydrogen-bond acceptors (Lipinski definition) is 6. The minimum Gasteiger partial charge on any atom is -0.469 e. The summed E-state index contributed by atoms with van der Waals surface area (Å²) < 4.78 is 4.69. The predicted molar refractivity (Wildman–Crippen MR) is 115 cm³/mol. The number of fused-ring (bicyclic) bond motifs is 1. The van der Waals surface area contributed by atoms with Crippen LogP contribution >= 0.6 is 11.8 Å². The molecule has 1 saturated heterocycles. The molecule has 4 atom stereocenters. The van der Waals surface area contributed by atoms with Gasteiger partial charge in [0.05, 0.1) is 31.5 Å². The van der Waals surface area contributed by atoms with Crippen molar-refractivity contribution in [3.63, 3.8) is 0 Å². The maximum Gasteiger partial charge on any atom is 0.341 e. The first-order valence-corrected chi connectivity index (χ1v) is 12.1. The maximum atomic E-state index is 12.8. The molecule has 3 aliphatic rings. The van der Waals surface area contributed by atoms with Crippen molar-refractivity contribution in [2.45, 2.75) is 88.1 Å². The van der Waals surface area contributed by atoms with Gasteiger partial charge in [-0.3, -0.25) is 4.79 Å². The number of hydrazone groups is 1. The third-order valence-electron chi connectivity index (χ3n) is 6.53. The number of carbonyl (C=O) groups excluding carboxylic acids is 2. The van der Waals surface area contributed by atoms with Crippen LogP contribution in [-0.4, -0.2) is 76.1 Å². The number of likely N-dealkylation sites (N-methyl/N-ethyl adjacent to an activating group) is 1. The summed E-state index contributed by atoms with van der Waals surface area (Å²) in [6, 6.07) is 0.230. The van der Waals surface area contributed by atoms with Crippen molar-refractivity contribution >= 4 is 30.0 Å². The van der Waals surface area contributed by atoms with E-state index in [9.17, 15) is 14.7 Å². The number of urea groups is 1. The lowest BCUT2D eigenvalue weighted by molar-refractivity contribution is -0.140. The first kappa shape index (κ1) is 22.4. The molecule has 0 bridgehead atoms. The van der Waals surface area contributed by atoms with E-state index in [1.807, 2.05) is 23.6 Å². The van der Waals surface area contributed by atoms with Crippen LogP contribution in [0.1, 0.15) is 64.7 Å². The van der Waals surface area contributed by atoms with E-state index in [4.69, 9.17) is 4.74 Å². The summed E-state index contributed by atoms with van der Waals surface area (Å²) in [5.41, 5.74) is 0. The second kappa shape index (κ2) is 10.7. The fourth-order valence-electron chi connectivity index (χ4n) is 4.91. The quantitative estimate of drug-likeness (QED) is 0.348. The Kier molecular flexibility index (Phi) is 8.24. The highest BCUT2D eigenvalue weighted by Crippen LogP contribution is 2.41. The van der Waals surface area contributed by atoms with E-state index in [0.717, 1.165) is 37.9 Å². The molecule has 2 saturated carbocycles. The van der Waals surface area contributed by atoms with Crippen LogP contribution in [0.4, 0.5) is 4.79 Å². The van der Waals surface area contributed by atoms with Crippen molar-refractivity contribution < 1.29 is 19.4 Å². The molecule has 3 fully saturated rings. The Balaban J connectivity index is 1.55. The number of esters is 1. The van der Waals surface area contributed by atoms with Gasteiger partial charge in [-0.25, -0.2) is 9.80 Å². The van der Waals surface area contributed by atoms with Gasteiger partial charge >= 0.3 is 12.0 Å². The van der Waals surface area contributed by atoms with Crippen LogP contribution in [0.3, 0.4) is 0 Å². The van der Waals surface area contributed by atoms with E-state index < -0.39 is 6.10 Å². The summed E-state index contributed by atoms with van der Waals surface area (Å²) >= 11 is 1.88. The van der Waals surface area contributed by atoms with E-state index in [1.165, 1.54) is 26.4 Å². The summed E-state index contributed by atoms with van der Waals surface area (Å²) in [5.74, 6) is 1.03. The Hall–Kier alpha value is -1.28. The largest absolute Gasteiger partial charge is 0.469 e. The summed E-state index contributed by atoms with van der Waals surface area (Å²) in [4.78, 5) is 26.0. The summed E-state index contributed by atoms with van der Waals surface area (Å²) in [6.07, 6.45) is 9.84. The molecule has 8 heteroatoms. The molecule has 1 heterocycles. The van der Waals surface area contributed by atoms with Gasteiger partial charge in [-0.2, -0.15) is 16.9 Å². The zero-order valence-corrected chi connectivity index (χ0v) is 18.5. The highest BCUT2D eigenvalue weighted by molar-refractivity contribution is 7.99. The molecule has 164 valence electrons. The fourth-order valence-corrected chi connectivity index (χ4v) is 6.22. The summed E-state index contributed by atoms with van der Waals surface area (Å²) in [7, 11) is 1.42. The number of thioether (sulfide) groups is 1. The molecular weight excluding hydrogens is 390 g/mol. The molecule has 2 amide bonds. The van der Waals surface area contributed by atoms with Crippen LogP contribution in [0.15, 0.2) is 5.10 Å². The minimum absolute atomic E-state index is 0.0382.